The minimum absolute atomic E-state index is 0.469. The monoisotopic (exact) mass is 251 g/mol. The fourth-order valence-corrected chi connectivity index (χ4v) is 2.22. The zero-order valence-electron chi connectivity index (χ0n) is 8.94. The Morgan fingerprint density at radius 2 is 1.75 bits per heavy atom. The van der Waals surface area contributed by atoms with Gasteiger partial charge in [-0.05, 0) is 37.1 Å². The Kier molecular flexibility index (Phi) is 3.41. The molecule has 0 aliphatic carbocycles. The van der Waals surface area contributed by atoms with Crippen molar-refractivity contribution in [2.45, 2.75) is 23.8 Å². The third-order valence-electron chi connectivity index (χ3n) is 2.29. The Labute approximate surface area is 103 Å². The molecule has 0 aliphatic heterocycles. The van der Waals surface area contributed by atoms with Crippen LogP contribution in [0.3, 0.4) is 0 Å². The molecule has 0 aliphatic rings. The molecule has 16 heavy (non-hydrogen) atoms. The lowest BCUT2D eigenvalue weighted by Crippen LogP contribution is -1.95. The number of rotatable bonds is 2. The van der Waals surface area contributed by atoms with Crippen LogP contribution in [-0.4, -0.2) is 15.2 Å². The fourth-order valence-electron chi connectivity index (χ4n) is 1.17. The van der Waals surface area contributed by atoms with E-state index < -0.39 is 0 Å². The zero-order chi connectivity index (χ0) is 11.5. The molecule has 2 heterocycles. The van der Waals surface area contributed by atoms with Crippen LogP contribution in [0.2, 0.25) is 5.15 Å². The van der Waals surface area contributed by atoms with Crippen LogP contribution in [0, 0.1) is 13.8 Å². The molecule has 2 aromatic heterocycles. The van der Waals surface area contributed by atoms with Gasteiger partial charge in [0, 0.05) is 17.3 Å². The van der Waals surface area contributed by atoms with E-state index in [1.165, 1.54) is 0 Å². The van der Waals surface area contributed by atoms with E-state index in [0.717, 1.165) is 21.0 Å². The molecular weight excluding hydrogens is 242 g/mol. The van der Waals surface area contributed by atoms with Crippen molar-refractivity contribution in [1.29, 1.82) is 0 Å². The molecule has 0 atom stereocenters. The standard InChI is InChI=1S/C11H10ClN3S/c1-7-8(2)11(15-14-10(7)12)16-9-3-5-13-6-4-9/h3-6H,1-2H3. The number of halogens is 1. The quantitative estimate of drug-likeness (QED) is 0.821. The molecule has 2 aromatic rings. The molecule has 2 rings (SSSR count). The van der Waals surface area contributed by atoms with Crippen LogP contribution in [0.4, 0.5) is 0 Å². The van der Waals surface area contributed by atoms with Crippen molar-refractivity contribution < 1.29 is 0 Å². The lowest BCUT2D eigenvalue weighted by Gasteiger charge is -2.06. The van der Waals surface area contributed by atoms with Gasteiger partial charge in [0.1, 0.15) is 5.03 Å². The van der Waals surface area contributed by atoms with Gasteiger partial charge in [-0.3, -0.25) is 4.98 Å². The van der Waals surface area contributed by atoms with Gasteiger partial charge in [0.25, 0.3) is 0 Å². The molecule has 3 nitrogen and oxygen atoms in total. The van der Waals surface area contributed by atoms with Crippen LogP contribution in [0.25, 0.3) is 0 Å². The van der Waals surface area contributed by atoms with Gasteiger partial charge in [0.15, 0.2) is 5.15 Å². The zero-order valence-corrected chi connectivity index (χ0v) is 10.5. The second-order valence-electron chi connectivity index (χ2n) is 3.33. The van der Waals surface area contributed by atoms with Gasteiger partial charge >= 0.3 is 0 Å². The first-order valence-electron chi connectivity index (χ1n) is 4.75. The summed E-state index contributed by atoms with van der Waals surface area (Å²) in [4.78, 5) is 5.06. The summed E-state index contributed by atoms with van der Waals surface area (Å²) in [6, 6.07) is 3.88. The van der Waals surface area contributed by atoms with Crippen molar-refractivity contribution in [3.8, 4) is 0 Å². The second-order valence-corrected chi connectivity index (χ2v) is 4.75. The van der Waals surface area contributed by atoms with Crippen molar-refractivity contribution in [2.75, 3.05) is 0 Å². The van der Waals surface area contributed by atoms with Crippen molar-refractivity contribution in [3.05, 3.63) is 40.8 Å². The van der Waals surface area contributed by atoms with E-state index in [4.69, 9.17) is 11.6 Å². The summed E-state index contributed by atoms with van der Waals surface area (Å²) >= 11 is 7.46. The van der Waals surface area contributed by atoms with Crippen molar-refractivity contribution >= 4 is 23.4 Å². The molecule has 0 amide bonds. The number of pyridine rings is 1. The molecular formula is C11H10ClN3S. The minimum Gasteiger partial charge on any atom is -0.265 e. The largest absolute Gasteiger partial charge is 0.265 e. The summed E-state index contributed by atoms with van der Waals surface area (Å²) in [5.41, 5.74) is 2.05. The minimum atomic E-state index is 0.469. The van der Waals surface area contributed by atoms with Gasteiger partial charge in [-0.2, -0.15) is 0 Å². The third kappa shape index (κ3) is 2.33. The Hall–Kier alpha value is -1.13. The Morgan fingerprint density at radius 3 is 2.44 bits per heavy atom. The lowest BCUT2D eigenvalue weighted by molar-refractivity contribution is 0.891. The highest BCUT2D eigenvalue weighted by molar-refractivity contribution is 7.99. The van der Waals surface area contributed by atoms with Gasteiger partial charge in [-0.25, -0.2) is 0 Å². The van der Waals surface area contributed by atoms with Crippen LogP contribution >= 0.6 is 23.4 Å². The van der Waals surface area contributed by atoms with E-state index in [2.05, 4.69) is 15.2 Å². The third-order valence-corrected chi connectivity index (χ3v) is 3.73. The van der Waals surface area contributed by atoms with E-state index in [1.54, 1.807) is 24.2 Å². The Morgan fingerprint density at radius 1 is 1.06 bits per heavy atom. The maximum atomic E-state index is 5.90. The number of hydrogen-bond donors (Lipinski definition) is 0. The number of hydrogen-bond acceptors (Lipinski definition) is 4. The summed E-state index contributed by atoms with van der Waals surface area (Å²) < 4.78 is 0. The number of aromatic nitrogens is 3. The molecule has 0 bridgehead atoms. The van der Waals surface area contributed by atoms with Crippen LogP contribution in [0.15, 0.2) is 34.4 Å². The first kappa shape index (κ1) is 11.4. The first-order valence-corrected chi connectivity index (χ1v) is 5.95. The van der Waals surface area contributed by atoms with E-state index in [-0.39, 0.29) is 0 Å². The fraction of sp³-hybridized carbons (Fsp3) is 0.182. The van der Waals surface area contributed by atoms with Gasteiger partial charge in [0.05, 0.1) is 0 Å². The Bertz CT molecular complexity index is 502. The van der Waals surface area contributed by atoms with E-state index in [0.29, 0.717) is 5.15 Å². The molecule has 0 saturated heterocycles. The second kappa shape index (κ2) is 4.80. The normalized spacial score (nSPS) is 10.4. The predicted octanol–water partition coefficient (Wildman–Crippen LogP) is 3.29. The molecule has 0 N–H and O–H groups in total. The van der Waals surface area contributed by atoms with Crippen molar-refractivity contribution in [2.24, 2.45) is 0 Å². The maximum Gasteiger partial charge on any atom is 0.154 e. The van der Waals surface area contributed by atoms with Gasteiger partial charge in [-0.15, -0.1) is 10.2 Å². The van der Waals surface area contributed by atoms with E-state index in [9.17, 15) is 0 Å². The highest BCUT2D eigenvalue weighted by Gasteiger charge is 2.09. The van der Waals surface area contributed by atoms with Gasteiger partial charge in [0.2, 0.25) is 0 Å². The molecule has 5 heteroatoms. The molecule has 0 aromatic carbocycles. The molecule has 82 valence electrons. The van der Waals surface area contributed by atoms with Crippen LogP contribution < -0.4 is 0 Å². The summed E-state index contributed by atoms with van der Waals surface area (Å²) in [5.74, 6) is 0. The SMILES string of the molecule is Cc1c(Cl)nnc(Sc2ccncc2)c1C. The highest BCUT2D eigenvalue weighted by Crippen LogP contribution is 2.30. The van der Waals surface area contributed by atoms with Crippen molar-refractivity contribution in [1.82, 2.24) is 15.2 Å². The van der Waals surface area contributed by atoms with E-state index in [1.807, 2.05) is 26.0 Å². The van der Waals surface area contributed by atoms with Crippen LogP contribution in [-0.2, 0) is 0 Å². The smallest absolute Gasteiger partial charge is 0.154 e. The Balaban J connectivity index is 2.33. The van der Waals surface area contributed by atoms with Gasteiger partial charge < -0.3 is 0 Å². The molecule has 0 fully saturated rings. The van der Waals surface area contributed by atoms with Crippen molar-refractivity contribution in [3.63, 3.8) is 0 Å². The summed E-state index contributed by atoms with van der Waals surface area (Å²) in [5, 5.41) is 9.36. The van der Waals surface area contributed by atoms with Gasteiger partial charge in [-0.1, -0.05) is 23.4 Å². The first-order chi connectivity index (χ1) is 7.68. The molecule has 0 unspecified atom stereocenters. The summed E-state index contributed by atoms with van der Waals surface area (Å²) in [6.07, 6.45) is 3.52. The molecule has 0 radical (unpaired) electrons. The lowest BCUT2D eigenvalue weighted by atomic mass is 10.2. The molecule has 0 saturated carbocycles. The van der Waals surface area contributed by atoms with E-state index >= 15 is 0 Å². The number of nitrogens with zero attached hydrogens (tertiary/aromatic N) is 3. The van der Waals surface area contributed by atoms with Crippen LogP contribution in [0.5, 0.6) is 0 Å². The topological polar surface area (TPSA) is 38.7 Å². The highest BCUT2D eigenvalue weighted by atomic mass is 35.5. The maximum absolute atomic E-state index is 5.90. The van der Waals surface area contributed by atoms with Crippen LogP contribution in [0.1, 0.15) is 11.1 Å². The molecule has 0 spiro atoms. The average Bonchev–Trinajstić information content (AvgIpc) is 2.31. The predicted molar refractivity (Wildman–Crippen MR) is 64.9 cm³/mol. The average molecular weight is 252 g/mol. The summed E-state index contributed by atoms with van der Waals surface area (Å²) in [7, 11) is 0. The summed E-state index contributed by atoms with van der Waals surface area (Å²) in [6.45, 7) is 3.95.